The van der Waals surface area contributed by atoms with Gasteiger partial charge in [-0.15, -0.1) is 11.3 Å². The lowest BCUT2D eigenvalue weighted by Crippen LogP contribution is -2.06. The van der Waals surface area contributed by atoms with Crippen LogP contribution in [0.2, 0.25) is 0 Å². The van der Waals surface area contributed by atoms with Crippen LogP contribution in [0.15, 0.2) is 22.1 Å². The highest BCUT2D eigenvalue weighted by Crippen LogP contribution is 2.24. The smallest absolute Gasteiger partial charge is 0.338 e. The van der Waals surface area contributed by atoms with Gasteiger partial charge in [-0.3, -0.25) is 0 Å². The molecule has 1 N–H and O–H groups in total. The maximum atomic E-state index is 11.9. The van der Waals surface area contributed by atoms with Gasteiger partial charge in [-0.05, 0) is 0 Å². The lowest BCUT2D eigenvalue weighted by atomic mass is 10.3. The van der Waals surface area contributed by atoms with E-state index < -0.39 is 19.0 Å². The Morgan fingerprint density at radius 1 is 1.55 bits per heavy atom. The van der Waals surface area contributed by atoms with Crippen molar-refractivity contribution in [3.05, 3.63) is 28.3 Å². The highest BCUT2D eigenvalue weighted by Gasteiger charge is 2.12. The molecule has 0 saturated heterocycles. The largest absolute Gasteiger partial charge is 0.478 e. The van der Waals surface area contributed by atoms with E-state index in [0.717, 1.165) is 6.26 Å². The summed E-state index contributed by atoms with van der Waals surface area (Å²) in [6, 6.07) is 1.38. The number of rotatable bonds is 7. The lowest BCUT2D eigenvalue weighted by molar-refractivity contribution is 0.0187. The third kappa shape index (κ3) is 3.84. The molecule has 2 rings (SSSR count). The van der Waals surface area contributed by atoms with E-state index in [0.29, 0.717) is 22.9 Å². The molecule has 0 amide bonds. The molecule has 0 saturated carbocycles. The van der Waals surface area contributed by atoms with Gasteiger partial charge in [0.1, 0.15) is 18.6 Å². The minimum atomic E-state index is -2.47. The number of carboxylic acid groups (broad SMARTS) is 1. The number of hydrogen-bond acceptors (Lipinski definition) is 5. The summed E-state index contributed by atoms with van der Waals surface area (Å²) in [7, 11) is 0. The fourth-order valence-electron chi connectivity index (χ4n) is 1.45. The second-order valence-corrected chi connectivity index (χ2v) is 4.79. The molecule has 2 aromatic heterocycles. The van der Waals surface area contributed by atoms with Crippen molar-refractivity contribution in [2.24, 2.45) is 0 Å². The Labute approximate surface area is 116 Å². The number of carboxylic acids is 1. The number of carbonyl (C=O) groups is 1. The second kappa shape index (κ2) is 6.58. The number of furan rings is 1. The molecule has 0 fully saturated rings. The van der Waals surface area contributed by atoms with Gasteiger partial charge in [-0.1, -0.05) is 0 Å². The van der Waals surface area contributed by atoms with Crippen LogP contribution in [-0.2, 0) is 11.2 Å². The van der Waals surface area contributed by atoms with Gasteiger partial charge in [-0.2, -0.15) is 0 Å². The van der Waals surface area contributed by atoms with E-state index in [1.807, 2.05) is 0 Å². The molecule has 2 heterocycles. The molecule has 0 radical (unpaired) electrons. The van der Waals surface area contributed by atoms with E-state index in [2.05, 4.69) is 4.98 Å². The van der Waals surface area contributed by atoms with Crippen molar-refractivity contribution < 1.29 is 27.8 Å². The molecule has 0 spiro atoms. The maximum absolute atomic E-state index is 11.9. The maximum Gasteiger partial charge on any atom is 0.338 e. The van der Waals surface area contributed by atoms with Crippen molar-refractivity contribution in [1.82, 2.24) is 4.98 Å². The predicted octanol–water partition coefficient (Wildman–Crippen LogP) is 2.93. The Morgan fingerprint density at radius 3 is 3.00 bits per heavy atom. The molecule has 5 nitrogen and oxygen atoms in total. The van der Waals surface area contributed by atoms with Crippen LogP contribution in [0.4, 0.5) is 8.78 Å². The molecule has 0 bridgehead atoms. The van der Waals surface area contributed by atoms with E-state index in [4.69, 9.17) is 14.3 Å². The molecule has 0 aliphatic carbocycles. The average Bonchev–Trinajstić information content (AvgIpc) is 3.03. The van der Waals surface area contributed by atoms with Gasteiger partial charge in [0, 0.05) is 17.9 Å². The van der Waals surface area contributed by atoms with Crippen molar-refractivity contribution in [3.63, 3.8) is 0 Å². The number of ether oxygens (including phenoxy) is 1. The number of aromatic nitrogens is 1. The zero-order chi connectivity index (χ0) is 14.5. The highest BCUT2D eigenvalue weighted by molar-refractivity contribution is 7.09. The van der Waals surface area contributed by atoms with E-state index in [1.165, 1.54) is 17.4 Å². The number of alkyl halides is 2. The molecule has 8 heteroatoms. The van der Waals surface area contributed by atoms with Crippen LogP contribution in [0.1, 0.15) is 15.4 Å². The first-order valence-corrected chi connectivity index (χ1v) is 6.56. The summed E-state index contributed by atoms with van der Waals surface area (Å²) in [6.07, 6.45) is -0.911. The Kier molecular flexibility index (Phi) is 4.80. The third-order valence-corrected chi connectivity index (χ3v) is 3.26. The predicted molar refractivity (Wildman–Crippen MR) is 67.3 cm³/mol. The summed E-state index contributed by atoms with van der Waals surface area (Å²) in [5, 5.41) is 11.2. The molecule has 0 aliphatic rings. The summed E-state index contributed by atoms with van der Waals surface area (Å²) in [5.74, 6) is -0.714. The quantitative estimate of drug-likeness (QED) is 0.796. The van der Waals surface area contributed by atoms with Gasteiger partial charge in [0.05, 0.1) is 17.2 Å². The van der Waals surface area contributed by atoms with Crippen molar-refractivity contribution in [3.8, 4) is 11.5 Å². The van der Waals surface area contributed by atoms with Crippen molar-refractivity contribution >= 4 is 17.3 Å². The van der Waals surface area contributed by atoms with Gasteiger partial charge < -0.3 is 14.3 Å². The molecular formula is C12H11F2NO4S. The van der Waals surface area contributed by atoms with Crippen LogP contribution >= 0.6 is 11.3 Å². The fourth-order valence-corrected chi connectivity index (χ4v) is 2.22. The molecule has 0 aliphatic heterocycles. The van der Waals surface area contributed by atoms with E-state index in [1.54, 1.807) is 5.38 Å². The van der Waals surface area contributed by atoms with Crippen LogP contribution in [0.25, 0.3) is 11.5 Å². The lowest BCUT2D eigenvalue weighted by Gasteiger charge is -2.00. The van der Waals surface area contributed by atoms with Gasteiger partial charge >= 0.3 is 5.97 Å². The van der Waals surface area contributed by atoms with E-state index in [-0.39, 0.29) is 12.2 Å². The van der Waals surface area contributed by atoms with E-state index >= 15 is 0 Å². The van der Waals surface area contributed by atoms with Gasteiger partial charge in [0.15, 0.2) is 5.76 Å². The number of halogens is 2. The first-order valence-electron chi connectivity index (χ1n) is 5.68. The Bertz CT molecular complexity index is 582. The van der Waals surface area contributed by atoms with Crippen LogP contribution in [-0.4, -0.2) is 35.7 Å². The first kappa shape index (κ1) is 14.6. The number of nitrogens with zero attached hydrogens (tertiary/aromatic N) is 1. The topological polar surface area (TPSA) is 72.6 Å². The third-order valence-electron chi connectivity index (χ3n) is 2.35. The number of aromatic carboxylic acids is 1. The number of thiazole rings is 1. The van der Waals surface area contributed by atoms with Crippen molar-refractivity contribution in [1.29, 1.82) is 0 Å². The summed E-state index contributed by atoms with van der Waals surface area (Å²) >= 11 is 1.33. The van der Waals surface area contributed by atoms with E-state index in [9.17, 15) is 13.6 Å². The molecule has 0 aromatic carbocycles. The minimum Gasteiger partial charge on any atom is -0.478 e. The SMILES string of the molecule is O=C(O)c1coc(-c2csc(CCOCC(F)F)n2)c1. The normalized spacial score (nSPS) is 11.2. The zero-order valence-corrected chi connectivity index (χ0v) is 11.0. The van der Waals surface area contributed by atoms with Gasteiger partial charge in [-0.25, -0.2) is 18.6 Å². The van der Waals surface area contributed by atoms with Gasteiger partial charge in [0.2, 0.25) is 0 Å². The molecule has 0 unspecified atom stereocenters. The monoisotopic (exact) mass is 303 g/mol. The summed E-state index contributed by atoms with van der Waals surface area (Å²) in [5.41, 5.74) is 0.571. The highest BCUT2D eigenvalue weighted by atomic mass is 32.1. The molecule has 0 atom stereocenters. The Balaban J connectivity index is 1.92. The molecule has 2 aromatic rings. The first-order chi connectivity index (χ1) is 9.56. The summed E-state index contributed by atoms with van der Waals surface area (Å²) < 4.78 is 33.6. The zero-order valence-electron chi connectivity index (χ0n) is 10.2. The van der Waals surface area contributed by atoms with Crippen molar-refractivity contribution in [2.45, 2.75) is 12.8 Å². The van der Waals surface area contributed by atoms with Gasteiger partial charge in [0.25, 0.3) is 6.43 Å². The second-order valence-electron chi connectivity index (χ2n) is 3.85. The van der Waals surface area contributed by atoms with Crippen LogP contribution in [0, 0.1) is 0 Å². The standard InChI is InChI=1S/C12H11F2NO4S/c13-10(14)5-18-2-1-11-15-8(6-20-11)9-3-7(4-19-9)12(16)17/h3-4,6,10H,1-2,5H2,(H,16,17). The Hall–Kier alpha value is -1.80. The summed E-state index contributed by atoms with van der Waals surface area (Å²) in [6.45, 7) is -0.422. The molecule has 20 heavy (non-hydrogen) atoms. The molecular weight excluding hydrogens is 292 g/mol. The Morgan fingerprint density at radius 2 is 2.35 bits per heavy atom. The average molecular weight is 303 g/mol. The fraction of sp³-hybridized carbons (Fsp3) is 0.333. The minimum absolute atomic E-state index is 0.0508. The van der Waals surface area contributed by atoms with Crippen molar-refractivity contribution in [2.75, 3.05) is 13.2 Å². The van der Waals surface area contributed by atoms with Crippen LogP contribution < -0.4 is 0 Å². The van der Waals surface area contributed by atoms with Crippen LogP contribution in [0.3, 0.4) is 0 Å². The number of hydrogen-bond donors (Lipinski definition) is 1. The molecule has 108 valence electrons. The van der Waals surface area contributed by atoms with Crippen LogP contribution in [0.5, 0.6) is 0 Å². The summed E-state index contributed by atoms with van der Waals surface area (Å²) in [4.78, 5) is 15.0.